The molecule has 0 aliphatic carbocycles. The van der Waals surface area contributed by atoms with Crippen LogP contribution in [0.25, 0.3) is 0 Å². The van der Waals surface area contributed by atoms with Crippen molar-refractivity contribution in [1.29, 1.82) is 0 Å². The van der Waals surface area contributed by atoms with E-state index in [1.807, 2.05) is 0 Å². The van der Waals surface area contributed by atoms with E-state index < -0.39 is 35.2 Å². The molecule has 132 valence electrons. The number of hydrogen-bond donors (Lipinski definition) is 4. The average molecular weight is 381 g/mol. The normalized spacial score (nSPS) is 23.6. The number of anilines is 1. The zero-order valence-electron chi connectivity index (χ0n) is 12.8. The standard InChI is InChI=1S/C14H15N5O4S2/c1-2-5-3-24-12-8(11(21)19(12)9(5)13(22)23)18-10(20)7(15)6-4-25-14(16)17-6/h2,4,7-8,12H,1,3,15H2,(H2,16,17)(H,18,20)(H,22,23)/t7?,8?,12-/m1/s1. The highest BCUT2D eigenvalue weighted by Crippen LogP contribution is 2.40. The van der Waals surface area contributed by atoms with Gasteiger partial charge in [-0.3, -0.25) is 14.5 Å². The van der Waals surface area contributed by atoms with Crippen molar-refractivity contribution in [1.82, 2.24) is 15.2 Å². The van der Waals surface area contributed by atoms with Crippen molar-refractivity contribution in [2.75, 3.05) is 11.5 Å². The summed E-state index contributed by atoms with van der Waals surface area (Å²) >= 11 is 2.52. The number of nitrogen functional groups attached to an aromatic ring is 1. The number of nitrogens with one attached hydrogen (secondary N) is 1. The van der Waals surface area contributed by atoms with Gasteiger partial charge in [0.2, 0.25) is 5.91 Å². The number of aliphatic carboxylic acids is 1. The van der Waals surface area contributed by atoms with Gasteiger partial charge in [-0.05, 0) is 5.57 Å². The number of thioether (sulfide) groups is 1. The Hall–Kier alpha value is -2.37. The fourth-order valence-corrected chi connectivity index (χ4v) is 4.56. The second-order valence-electron chi connectivity index (χ2n) is 5.37. The molecule has 1 aromatic rings. The highest BCUT2D eigenvalue weighted by atomic mass is 32.2. The van der Waals surface area contributed by atoms with Gasteiger partial charge in [0.15, 0.2) is 5.13 Å². The van der Waals surface area contributed by atoms with Gasteiger partial charge < -0.3 is 21.9 Å². The molecule has 0 bridgehead atoms. The van der Waals surface area contributed by atoms with Gasteiger partial charge in [0.05, 0.1) is 5.69 Å². The summed E-state index contributed by atoms with van der Waals surface area (Å²) in [6, 6.07) is -1.89. The smallest absolute Gasteiger partial charge is 0.352 e. The van der Waals surface area contributed by atoms with Crippen molar-refractivity contribution in [3.05, 3.63) is 35.0 Å². The first-order chi connectivity index (χ1) is 11.8. The van der Waals surface area contributed by atoms with E-state index in [1.54, 1.807) is 5.38 Å². The summed E-state index contributed by atoms with van der Waals surface area (Å²) in [5.74, 6) is -1.87. The van der Waals surface area contributed by atoms with Crippen LogP contribution in [-0.2, 0) is 14.4 Å². The molecule has 1 saturated heterocycles. The lowest BCUT2D eigenvalue weighted by Crippen LogP contribution is -2.71. The number of nitrogens with two attached hydrogens (primary N) is 2. The van der Waals surface area contributed by atoms with Crippen LogP contribution in [0.4, 0.5) is 5.13 Å². The van der Waals surface area contributed by atoms with Crippen LogP contribution in [0.1, 0.15) is 11.7 Å². The van der Waals surface area contributed by atoms with Crippen LogP contribution in [0, 0.1) is 0 Å². The number of rotatable bonds is 5. The molecule has 2 amide bonds. The van der Waals surface area contributed by atoms with Crippen LogP contribution < -0.4 is 16.8 Å². The number of carboxylic acids is 1. The molecular formula is C14H15N5O4S2. The van der Waals surface area contributed by atoms with Crippen molar-refractivity contribution in [2.24, 2.45) is 5.73 Å². The summed E-state index contributed by atoms with van der Waals surface area (Å²) in [7, 11) is 0. The molecule has 0 saturated carbocycles. The largest absolute Gasteiger partial charge is 0.477 e. The van der Waals surface area contributed by atoms with E-state index in [-0.39, 0.29) is 5.70 Å². The van der Waals surface area contributed by atoms with E-state index in [9.17, 15) is 19.5 Å². The van der Waals surface area contributed by atoms with E-state index in [4.69, 9.17) is 11.5 Å². The van der Waals surface area contributed by atoms with Gasteiger partial charge in [-0.1, -0.05) is 12.7 Å². The fraction of sp³-hybridized carbons (Fsp3) is 0.286. The zero-order valence-corrected chi connectivity index (χ0v) is 14.5. The molecule has 2 aliphatic heterocycles. The first kappa shape index (κ1) is 17.5. The zero-order chi connectivity index (χ0) is 18.3. The number of amides is 2. The average Bonchev–Trinajstić information content (AvgIpc) is 3.03. The van der Waals surface area contributed by atoms with Crippen molar-refractivity contribution in [3.63, 3.8) is 0 Å². The molecular weight excluding hydrogens is 366 g/mol. The van der Waals surface area contributed by atoms with Gasteiger partial charge in [0.25, 0.3) is 5.91 Å². The first-order valence-electron chi connectivity index (χ1n) is 7.15. The quantitative estimate of drug-likeness (QED) is 0.505. The second-order valence-corrected chi connectivity index (χ2v) is 7.36. The maximum Gasteiger partial charge on any atom is 0.352 e. The number of nitrogens with zero attached hydrogens (tertiary/aromatic N) is 2. The van der Waals surface area contributed by atoms with Gasteiger partial charge in [0.1, 0.15) is 23.2 Å². The lowest BCUT2D eigenvalue weighted by Gasteiger charge is -2.49. The molecule has 3 rings (SSSR count). The maximum absolute atomic E-state index is 12.4. The Balaban J connectivity index is 1.73. The van der Waals surface area contributed by atoms with E-state index in [0.29, 0.717) is 22.2 Å². The predicted octanol–water partition coefficient (Wildman–Crippen LogP) is -0.350. The Bertz CT molecular complexity index is 805. The Morgan fingerprint density at radius 1 is 1.56 bits per heavy atom. The molecule has 25 heavy (non-hydrogen) atoms. The third kappa shape index (κ3) is 2.90. The number of thiazole rings is 1. The van der Waals surface area contributed by atoms with Crippen molar-refractivity contribution < 1.29 is 19.5 Å². The summed E-state index contributed by atoms with van der Waals surface area (Å²) in [4.78, 5) is 41.2. The van der Waals surface area contributed by atoms with Gasteiger partial charge in [-0.2, -0.15) is 0 Å². The number of aromatic nitrogens is 1. The lowest BCUT2D eigenvalue weighted by molar-refractivity contribution is -0.150. The number of allylic oxidation sites excluding steroid dienone is 1. The molecule has 11 heteroatoms. The molecule has 1 aromatic heterocycles. The number of hydrogen-bond acceptors (Lipinski definition) is 8. The molecule has 9 nitrogen and oxygen atoms in total. The minimum absolute atomic E-state index is 0.0918. The molecule has 0 spiro atoms. The fourth-order valence-electron chi connectivity index (χ4n) is 2.62. The number of β-lactam (4-membered cyclic amide) rings is 1. The topological polar surface area (TPSA) is 152 Å². The summed E-state index contributed by atoms with van der Waals surface area (Å²) in [6.07, 6.45) is 1.43. The highest BCUT2D eigenvalue weighted by molar-refractivity contribution is 8.00. The van der Waals surface area contributed by atoms with E-state index in [0.717, 1.165) is 11.3 Å². The first-order valence-corrected chi connectivity index (χ1v) is 9.08. The van der Waals surface area contributed by atoms with Gasteiger partial charge in [-0.25, -0.2) is 9.78 Å². The minimum Gasteiger partial charge on any atom is -0.477 e. The minimum atomic E-state index is -1.20. The van der Waals surface area contributed by atoms with E-state index in [1.165, 1.54) is 22.7 Å². The molecule has 0 aromatic carbocycles. The van der Waals surface area contributed by atoms with Gasteiger partial charge in [0, 0.05) is 11.1 Å². The third-order valence-electron chi connectivity index (χ3n) is 3.89. The third-order valence-corrected chi connectivity index (χ3v) is 5.88. The number of fused-ring (bicyclic) bond motifs is 1. The predicted molar refractivity (Wildman–Crippen MR) is 93.3 cm³/mol. The molecule has 3 atom stereocenters. The van der Waals surface area contributed by atoms with Crippen molar-refractivity contribution in [2.45, 2.75) is 17.5 Å². The van der Waals surface area contributed by atoms with Gasteiger partial charge >= 0.3 is 5.97 Å². The molecule has 2 unspecified atom stereocenters. The Labute approximate surface area is 150 Å². The van der Waals surface area contributed by atoms with Crippen LogP contribution in [0.2, 0.25) is 0 Å². The Morgan fingerprint density at radius 3 is 2.84 bits per heavy atom. The summed E-state index contributed by atoms with van der Waals surface area (Å²) in [5.41, 5.74) is 12.1. The Kier molecular flexibility index (Phi) is 4.54. The molecule has 0 radical (unpaired) electrons. The highest BCUT2D eigenvalue weighted by Gasteiger charge is 2.54. The molecule has 1 fully saturated rings. The van der Waals surface area contributed by atoms with Crippen LogP contribution in [0.3, 0.4) is 0 Å². The number of carboxylic acid groups (broad SMARTS) is 1. The molecule has 3 heterocycles. The number of carbonyl (C=O) groups is 3. The van der Waals surface area contributed by atoms with Crippen molar-refractivity contribution in [3.8, 4) is 0 Å². The Morgan fingerprint density at radius 2 is 2.28 bits per heavy atom. The summed E-state index contributed by atoms with van der Waals surface area (Å²) in [6.45, 7) is 3.58. The van der Waals surface area contributed by atoms with Crippen LogP contribution in [-0.4, -0.2) is 49.9 Å². The van der Waals surface area contributed by atoms with Crippen LogP contribution in [0.15, 0.2) is 29.3 Å². The van der Waals surface area contributed by atoms with Crippen LogP contribution in [0.5, 0.6) is 0 Å². The van der Waals surface area contributed by atoms with Crippen molar-refractivity contribution >= 4 is 46.0 Å². The van der Waals surface area contributed by atoms with Gasteiger partial charge in [-0.15, -0.1) is 23.1 Å². The van der Waals surface area contributed by atoms with E-state index >= 15 is 0 Å². The maximum atomic E-state index is 12.4. The summed E-state index contributed by atoms with van der Waals surface area (Å²) < 4.78 is 0. The molecule has 2 aliphatic rings. The van der Waals surface area contributed by atoms with E-state index in [2.05, 4.69) is 16.9 Å². The SMILES string of the molecule is C=CC1=C(C(=O)O)N2C(=O)C(NC(=O)C(N)c3csc(N)n3)[C@H]2SC1. The second kappa shape index (κ2) is 6.50. The van der Waals surface area contributed by atoms with Crippen LogP contribution >= 0.6 is 23.1 Å². The molecule has 6 N–H and O–H groups in total. The monoisotopic (exact) mass is 381 g/mol. The summed E-state index contributed by atoms with van der Waals surface area (Å²) in [5, 5.41) is 13.3. The lowest BCUT2D eigenvalue weighted by atomic mass is 10.0. The number of carbonyl (C=O) groups excluding carboxylic acids is 2.